The van der Waals surface area contributed by atoms with Crippen molar-refractivity contribution in [3.05, 3.63) is 42.8 Å². The van der Waals surface area contributed by atoms with Crippen LogP contribution in [-0.2, 0) is 0 Å². The number of hydrogen-bond donors (Lipinski definition) is 1. The minimum atomic E-state index is -0.0261. The molecule has 6 heteroatoms. The molecule has 3 heterocycles. The number of rotatable bonds is 3. The zero-order valence-electron chi connectivity index (χ0n) is 14.2. The molecule has 0 atom stereocenters. The van der Waals surface area contributed by atoms with E-state index in [0.29, 0.717) is 11.8 Å². The number of furan rings is 1. The third-order valence-corrected chi connectivity index (χ3v) is 4.77. The second-order valence-corrected chi connectivity index (χ2v) is 6.44. The first-order valence-corrected chi connectivity index (χ1v) is 8.62. The minimum Gasteiger partial charge on any atom is -1.00 e. The Morgan fingerprint density at radius 1 is 1.20 bits per heavy atom. The van der Waals surface area contributed by atoms with Crippen molar-refractivity contribution in [2.75, 3.05) is 5.32 Å². The molecule has 3 aromatic rings. The Hall–Kier alpha value is -2.27. The van der Waals surface area contributed by atoms with Gasteiger partial charge in [0.1, 0.15) is 0 Å². The van der Waals surface area contributed by atoms with Crippen LogP contribution in [0.25, 0.3) is 17.1 Å². The van der Waals surface area contributed by atoms with Gasteiger partial charge in [-0.3, -0.25) is 10.1 Å². The highest BCUT2D eigenvalue weighted by atomic mass is 35.5. The van der Waals surface area contributed by atoms with E-state index in [-0.39, 0.29) is 18.3 Å². The molecule has 1 fully saturated rings. The highest BCUT2D eigenvalue weighted by Crippen LogP contribution is 2.31. The summed E-state index contributed by atoms with van der Waals surface area (Å²) in [4.78, 5) is 12.4. The van der Waals surface area contributed by atoms with Crippen LogP contribution in [0.1, 0.15) is 43.8 Å². The molecule has 0 aromatic carbocycles. The Kier molecular flexibility index (Phi) is 5.13. The van der Waals surface area contributed by atoms with Gasteiger partial charge in [-0.2, -0.15) is 4.57 Å². The lowest BCUT2D eigenvalue weighted by Gasteiger charge is -2.20. The van der Waals surface area contributed by atoms with Crippen LogP contribution in [0.4, 0.5) is 5.82 Å². The lowest BCUT2D eigenvalue weighted by molar-refractivity contribution is -0.495. The van der Waals surface area contributed by atoms with E-state index in [1.807, 2.05) is 40.9 Å². The second-order valence-electron chi connectivity index (χ2n) is 6.44. The van der Waals surface area contributed by atoms with E-state index >= 15 is 0 Å². The average Bonchev–Trinajstić information content (AvgIpc) is 3.22. The summed E-state index contributed by atoms with van der Waals surface area (Å²) < 4.78 is 9.42. The summed E-state index contributed by atoms with van der Waals surface area (Å²) >= 11 is 0. The van der Waals surface area contributed by atoms with Crippen LogP contribution in [-0.4, -0.2) is 16.5 Å². The van der Waals surface area contributed by atoms with Gasteiger partial charge in [0.25, 0.3) is 11.7 Å². The molecule has 3 aromatic heterocycles. The van der Waals surface area contributed by atoms with E-state index in [0.717, 1.165) is 30.0 Å². The molecule has 4 rings (SSSR count). The number of fused-ring (bicyclic) bond motifs is 1. The number of anilines is 1. The summed E-state index contributed by atoms with van der Waals surface area (Å²) in [6.45, 7) is 1.59. The predicted molar refractivity (Wildman–Crippen MR) is 92.1 cm³/mol. The molecule has 0 amide bonds. The SMILES string of the molecule is CC(=O)n1c(-c2ccco2)c(NC2CCCCC2)[n+]2ccccc12.[Cl-]. The molecule has 132 valence electrons. The highest BCUT2D eigenvalue weighted by Gasteiger charge is 2.31. The fraction of sp³-hybridized carbons (Fsp3) is 0.368. The number of imidazole rings is 1. The molecule has 1 aliphatic carbocycles. The monoisotopic (exact) mass is 359 g/mol. The summed E-state index contributed by atoms with van der Waals surface area (Å²) in [5, 5.41) is 3.69. The summed E-state index contributed by atoms with van der Waals surface area (Å²) in [6.07, 6.45) is 9.79. The maximum atomic E-state index is 12.4. The van der Waals surface area contributed by atoms with E-state index in [1.165, 1.54) is 19.3 Å². The standard InChI is InChI=1S/C19H22N3O2.ClH/c1-14(23)22-17-11-5-6-12-21(17)19(18(22)16-10-7-13-24-16)20-15-8-3-2-4-9-15;/h5-7,10-13,15,20H,2-4,8-9H2,1H3;1H/q+1;/p-1. The van der Waals surface area contributed by atoms with Crippen LogP contribution in [0.15, 0.2) is 47.2 Å². The Bertz CT molecular complexity index is 864. The number of carbonyl (C=O) groups excluding carboxylic acids is 1. The van der Waals surface area contributed by atoms with Gasteiger partial charge >= 0.3 is 0 Å². The lowest BCUT2D eigenvalue weighted by atomic mass is 9.95. The van der Waals surface area contributed by atoms with Crippen molar-refractivity contribution < 1.29 is 26.0 Å². The van der Waals surface area contributed by atoms with E-state index in [9.17, 15) is 4.79 Å². The zero-order chi connectivity index (χ0) is 16.5. The fourth-order valence-electron chi connectivity index (χ4n) is 3.68. The topological polar surface area (TPSA) is 51.3 Å². The van der Waals surface area contributed by atoms with Gasteiger partial charge in [-0.25, -0.2) is 4.40 Å². The summed E-state index contributed by atoms with van der Waals surface area (Å²) in [5.41, 5.74) is 1.64. The van der Waals surface area contributed by atoms with Crippen LogP contribution >= 0.6 is 0 Å². The number of nitrogens with zero attached hydrogens (tertiary/aromatic N) is 2. The smallest absolute Gasteiger partial charge is 0.284 e. The molecule has 0 saturated heterocycles. The van der Waals surface area contributed by atoms with Gasteiger partial charge in [-0.05, 0) is 31.0 Å². The Morgan fingerprint density at radius 3 is 2.68 bits per heavy atom. The zero-order valence-corrected chi connectivity index (χ0v) is 15.0. The van der Waals surface area contributed by atoms with Crippen LogP contribution in [0.2, 0.25) is 0 Å². The van der Waals surface area contributed by atoms with Gasteiger partial charge in [0.15, 0.2) is 5.76 Å². The molecule has 0 bridgehead atoms. The first kappa shape index (κ1) is 17.5. The molecule has 25 heavy (non-hydrogen) atoms. The molecule has 0 unspecified atom stereocenters. The maximum absolute atomic E-state index is 12.4. The molecular formula is C19H22ClN3O2. The van der Waals surface area contributed by atoms with Crippen molar-refractivity contribution in [3.63, 3.8) is 0 Å². The number of carbonyl (C=O) groups is 1. The van der Waals surface area contributed by atoms with Crippen LogP contribution in [0, 0.1) is 0 Å². The third-order valence-electron chi connectivity index (χ3n) is 4.77. The molecule has 1 saturated carbocycles. The third kappa shape index (κ3) is 3.16. The molecule has 1 N–H and O–H groups in total. The summed E-state index contributed by atoms with van der Waals surface area (Å²) in [7, 11) is 0. The molecule has 1 aliphatic rings. The number of halogens is 1. The van der Waals surface area contributed by atoms with Gasteiger partial charge in [0, 0.05) is 13.0 Å². The number of hydrogen-bond acceptors (Lipinski definition) is 3. The van der Waals surface area contributed by atoms with Gasteiger partial charge in [-0.1, -0.05) is 25.3 Å². The summed E-state index contributed by atoms with van der Waals surface area (Å²) in [5.74, 6) is 1.61. The second kappa shape index (κ2) is 7.31. The van der Waals surface area contributed by atoms with Gasteiger partial charge in [0.2, 0.25) is 11.3 Å². The van der Waals surface area contributed by atoms with Gasteiger partial charge < -0.3 is 16.8 Å². The normalized spacial score (nSPS) is 15.1. The van der Waals surface area contributed by atoms with E-state index < -0.39 is 0 Å². The van der Waals surface area contributed by atoms with Crippen molar-refractivity contribution in [1.82, 2.24) is 4.57 Å². The number of aromatic nitrogens is 2. The number of pyridine rings is 1. The van der Waals surface area contributed by atoms with Crippen molar-refractivity contribution in [2.45, 2.75) is 45.1 Å². The van der Waals surface area contributed by atoms with E-state index in [1.54, 1.807) is 17.8 Å². The van der Waals surface area contributed by atoms with Gasteiger partial charge in [0.05, 0.1) is 18.5 Å². The average molecular weight is 360 g/mol. The quantitative estimate of drug-likeness (QED) is 0.707. The summed E-state index contributed by atoms with van der Waals surface area (Å²) in [6, 6.07) is 10.1. The van der Waals surface area contributed by atoms with Crippen LogP contribution in [0.3, 0.4) is 0 Å². The predicted octanol–water partition coefficient (Wildman–Crippen LogP) is 0.895. The van der Waals surface area contributed by atoms with Crippen LogP contribution in [0.5, 0.6) is 0 Å². The first-order chi connectivity index (χ1) is 11.8. The molecule has 5 nitrogen and oxygen atoms in total. The highest BCUT2D eigenvalue weighted by molar-refractivity contribution is 5.88. The minimum absolute atomic E-state index is 0. The van der Waals surface area contributed by atoms with E-state index in [2.05, 4.69) is 5.32 Å². The Balaban J connectivity index is 0.00000182. The van der Waals surface area contributed by atoms with E-state index in [4.69, 9.17) is 4.42 Å². The molecular weight excluding hydrogens is 338 g/mol. The van der Waals surface area contributed by atoms with Gasteiger partial charge in [-0.15, -0.1) is 0 Å². The number of nitrogens with one attached hydrogen (secondary N) is 1. The maximum Gasteiger partial charge on any atom is 0.284 e. The van der Waals surface area contributed by atoms with Crippen molar-refractivity contribution in [1.29, 1.82) is 0 Å². The van der Waals surface area contributed by atoms with Crippen LogP contribution < -0.4 is 22.1 Å². The molecule has 0 aliphatic heterocycles. The fourth-order valence-corrected chi connectivity index (χ4v) is 3.68. The molecule has 0 spiro atoms. The first-order valence-electron chi connectivity index (χ1n) is 8.62. The van der Waals surface area contributed by atoms with Crippen molar-refractivity contribution in [2.24, 2.45) is 0 Å². The lowest BCUT2D eigenvalue weighted by Crippen LogP contribution is -3.00. The largest absolute Gasteiger partial charge is 1.00 e. The molecule has 0 radical (unpaired) electrons. The Morgan fingerprint density at radius 2 is 2.00 bits per heavy atom. The van der Waals surface area contributed by atoms with Crippen molar-refractivity contribution >= 4 is 17.4 Å². The Labute approximate surface area is 153 Å². The van der Waals surface area contributed by atoms with Crippen molar-refractivity contribution in [3.8, 4) is 11.5 Å².